The Hall–Kier alpha value is -0.660. The molecule has 1 amide bonds. The summed E-state index contributed by atoms with van der Waals surface area (Å²) in [4.78, 5) is 13.5. The molecule has 1 N–H and O–H groups in total. The van der Waals surface area contributed by atoms with Crippen LogP contribution in [-0.4, -0.2) is 69.1 Å². The molecular formula is C11H21N3O3S. The van der Waals surface area contributed by atoms with Crippen molar-refractivity contribution in [3.05, 3.63) is 0 Å². The van der Waals surface area contributed by atoms with Gasteiger partial charge in [-0.2, -0.15) is 0 Å². The minimum absolute atomic E-state index is 0.123. The van der Waals surface area contributed by atoms with Crippen molar-refractivity contribution in [1.29, 1.82) is 0 Å². The predicted octanol–water partition coefficient (Wildman–Crippen LogP) is -0.910. The molecule has 2 heterocycles. The maximum absolute atomic E-state index is 11.7. The molecule has 0 aliphatic carbocycles. The topological polar surface area (TPSA) is 69.7 Å². The van der Waals surface area contributed by atoms with E-state index >= 15 is 0 Å². The van der Waals surface area contributed by atoms with Gasteiger partial charge in [0.2, 0.25) is 15.9 Å². The molecule has 104 valence electrons. The second-order valence-corrected chi connectivity index (χ2v) is 7.13. The molecule has 0 aromatic rings. The molecule has 6 nitrogen and oxygen atoms in total. The van der Waals surface area contributed by atoms with Crippen molar-refractivity contribution in [1.82, 2.24) is 14.5 Å². The molecule has 0 saturated carbocycles. The summed E-state index contributed by atoms with van der Waals surface area (Å²) in [6.45, 7) is 3.82. The van der Waals surface area contributed by atoms with Crippen molar-refractivity contribution in [2.75, 3.05) is 45.5 Å². The maximum Gasteiger partial charge on any atom is 0.236 e. The van der Waals surface area contributed by atoms with Crippen LogP contribution in [0.2, 0.25) is 0 Å². The third-order valence-electron chi connectivity index (χ3n) is 3.62. The molecule has 0 aromatic carbocycles. The number of piperazine rings is 1. The molecule has 0 aromatic heterocycles. The van der Waals surface area contributed by atoms with Gasteiger partial charge >= 0.3 is 0 Å². The second-order valence-electron chi connectivity index (χ2n) is 5.15. The number of amides is 1. The molecule has 0 spiro atoms. The van der Waals surface area contributed by atoms with E-state index in [-0.39, 0.29) is 11.8 Å². The third-order valence-corrected chi connectivity index (χ3v) is 4.89. The van der Waals surface area contributed by atoms with Crippen LogP contribution >= 0.6 is 0 Å². The molecule has 2 fully saturated rings. The third kappa shape index (κ3) is 3.43. The van der Waals surface area contributed by atoms with E-state index in [1.807, 2.05) is 4.90 Å². The van der Waals surface area contributed by atoms with Crippen LogP contribution in [0.1, 0.15) is 12.8 Å². The number of nitrogens with zero attached hydrogens (tertiary/aromatic N) is 2. The van der Waals surface area contributed by atoms with Crippen LogP contribution in [0, 0.1) is 5.92 Å². The Morgan fingerprint density at radius 3 is 2.83 bits per heavy atom. The van der Waals surface area contributed by atoms with Gasteiger partial charge in [0.15, 0.2) is 0 Å². The van der Waals surface area contributed by atoms with Gasteiger partial charge in [-0.1, -0.05) is 0 Å². The highest BCUT2D eigenvalue weighted by atomic mass is 32.2. The number of rotatable bonds is 3. The SMILES string of the molecule is CS(=O)(=O)N1CCCC(CN2CCNCC2=O)C1. The molecule has 1 atom stereocenters. The van der Waals surface area contributed by atoms with E-state index in [4.69, 9.17) is 0 Å². The van der Waals surface area contributed by atoms with Crippen molar-refractivity contribution in [2.45, 2.75) is 12.8 Å². The highest BCUT2D eigenvalue weighted by Gasteiger charge is 2.28. The lowest BCUT2D eigenvalue weighted by Crippen LogP contribution is -2.51. The monoisotopic (exact) mass is 275 g/mol. The highest BCUT2D eigenvalue weighted by Crippen LogP contribution is 2.20. The number of carbonyl (C=O) groups excluding carboxylic acids is 1. The van der Waals surface area contributed by atoms with Crippen LogP contribution < -0.4 is 5.32 Å². The molecule has 18 heavy (non-hydrogen) atoms. The first kappa shape index (κ1) is 13.8. The lowest BCUT2D eigenvalue weighted by Gasteiger charge is -2.35. The predicted molar refractivity (Wildman–Crippen MR) is 68.6 cm³/mol. The van der Waals surface area contributed by atoms with Gasteiger partial charge in [-0.15, -0.1) is 0 Å². The fraction of sp³-hybridized carbons (Fsp3) is 0.909. The zero-order valence-corrected chi connectivity index (χ0v) is 11.6. The number of nitrogens with one attached hydrogen (secondary N) is 1. The first-order chi connectivity index (χ1) is 8.47. The van der Waals surface area contributed by atoms with Crippen LogP contribution in [0.3, 0.4) is 0 Å². The Morgan fingerprint density at radius 1 is 1.39 bits per heavy atom. The largest absolute Gasteiger partial charge is 0.340 e. The normalized spacial score (nSPS) is 27.5. The number of sulfonamides is 1. The summed E-state index contributed by atoms with van der Waals surface area (Å²) in [6, 6.07) is 0. The Morgan fingerprint density at radius 2 is 2.17 bits per heavy atom. The summed E-state index contributed by atoms with van der Waals surface area (Å²) in [5.74, 6) is 0.397. The van der Waals surface area contributed by atoms with Gasteiger partial charge in [-0.05, 0) is 18.8 Å². The Kier molecular flexibility index (Phi) is 4.24. The Labute approximate surface area is 108 Å². The minimum atomic E-state index is -3.10. The molecule has 2 saturated heterocycles. The highest BCUT2D eigenvalue weighted by molar-refractivity contribution is 7.88. The molecule has 0 bridgehead atoms. The first-order valence-corrected chi connectivity index (χ1v) is 8.25. The van der Waals surface area contributed by atoms with Gasteiger partial charge in [0, 0.05) is 32.7 Å². The zero-order valence-electron chi connectivity index (χ0n) is 10.8. The smallest absolute Gasteiger partial charge is 0.236 e. The van der Waals surface area contributed by atoms with E-state index in [0.29, 0.717) is 26.2 Å². The summed E-state index contributed by atoms with van der Waals surface area (Å²) in [5.41, 5.74) is 0. The number of piperidine rings is 1. The van der Waals surface area contributed by atoms with E-state index < -0.39 is 10.0 Å². The fourth-order valence-electron chi connectivity index (χ4n) is 2.63. The molecule has 2 aliphatic heterocycles. The number of hydrogen-bond acceptors (Lipinski definition) is 4. The summed E-state index contributed by atoms with van der Waals surface area (Å²) in [7, 11) is -3.10. The molecule has 2 rings (SSSR count). The van der Waals surface area contributed by atoms with E-state index in [9.17, 15) is 13.2 Å². The van der Waals surface area contributed by atoms with Crippen molar-refractivity contribution < 1.29 is 13.2 Å². The van der Waals surface area contributed by atoms with Crippen LogP contribution in [0.15, 0.2) is 0 Å². The molecule has 1 unspecified atom stereocenters. The van der Waals surface area contributed by atoms with Gasteiger partial charge in [-0.25, -0.2) is 12.7 Å². The van der Waals surface area contributed by atoms with E-state index in [1.54, 1.807) is 0 Å². The van der Waals surface area contributed by atoms with Crippen molar-refractivity contribution >= 4 is 15.9 Å². The summed E-state index contributed by atoms with van der Waals surface area (Å²) >= 11 is 0. The average Bonchev–Trinajstić information content (AvgIpc) is 2.31. The van der Waals surface area contributed by atoms with Crippen molar-refractivity contribution in [2.24, 2.45) is 5.92 Å². The average molecular weight is 275 g/mol. The van der Waals surface area contributed by atoms with Crippen LogP contribution in [0.5, 0.6) is 0 Å². The van der Waals surface area contributed by atoms with Crippen molar-refractivity contribution in [3.63, 3.8) is 0 Å². The molecule has 2 aliphatic rings. The number of carbonyl (C=O) groups is 1. The lowest BCUT2D eigenvalue weighted by molar-refractivity contribution is -0.132. The van der Waals surface area contributed by atoms with Gasteiger partial charge in [-0.3, -0.25) is 4.79 Å². The fourth-order valence-corrected chi connectivity index (χ4v) is 3.57. The molecular weight excluding hydrogens is 254 g/mol. The first-order valence-electron chi connectivity index (χ1n) is 6.40. The second kappa shape index (κ2) is 5.54. The molecule has 7 heteroatoms. The van der Waals surface area contributed by atoms with Crippen LogP contribution in [-0.2, 0) is 14.8 Å². The summed E-state index contributed by atoms with van der Waals surface area (Å²) < 4.78 is 24.6. The van der Waals surface area contributed by atoms with Crippen LogP contribution in [0.25, 0.3) is 0 Å². The maximum atomic E-state index is 11.7. The van der Waals surface area contributed by atoms with E-state index in [1.165, 1.54) is 10.6 Å². The standard InChI is InChI=1S/C11H21N3O3S/c1-18(16,17)14-5-2-3-10(9-14)8-13-6-4-12-7-11(13)15/h10,12H,2-9H2,1H3. The lowest BCUT2D eigenvalue weighted by atomic mass is 9.99. The van der Waals surface area contributed by atoms with E-state index in [0.717, 1.165) is 25.9 Å². The quantitative estimate of drug-likeness (QED) is 0.724. The van der Waals surface area contributed by atoms with Gasteiger partial charge in [0.1, 0.15) is 0 Å². The Bertz CT molecular complexity index is 410. The number of hydrogen-bond donors (Lipinski definition) is 1. The van der Waals surface area contributed by atoms with Gasteiger partial charge in [0.25, 0.3) is 0 Å². The van der Waals surface area contributed by atoms with Gasteiger partial charge < -0.3 is 10.2 Å². The zero-order chi connectivity index (χ0) is 13.2. The minimum Gasteiger partial charge on any atom is -0.340 e. The van der Waals surface area contributed by atoms with Crippen molar-refractivity contribution in [3.8, 4) is 0 Å². The van der Waals surface area contributed by atoms with E-state index in [2.05, 4.69) is 5.32 Å². The molecule has 0 radical (unpaired) electrons. The van der Waals surface area contributed by atoms with Gasteiger partial charge in [0.05, 0.1) is 12.8 Å². The Balaban J connectivity index is 1.91. The van der Waals surface area contributed by atoms with Crippen LogP contribution in [0.4, 0.5) is 0 Å². The summed E-state index contributed by atoms with van der Waals surface area (Å²) in [5, 5.41) is 3.04. The summed E-state index contributed by atoms with van der Waals surface area (Å²) in [6.07, 6.45) is 3.15.